The lowest BCUT2D eigenvalue weighted by atomic mass is 9.82. The number of hydrogen-bond donors (Lipinski definition) is 2. The van der Waals surface area contributed by atoms with Crippen molar-refractivity contribution in [1.82, 2.24) is 0 Å². The lowest BCUT2D eigenvalue weighted by Crippen LogP contribution is -2.45. The zero-order chi connectivity index (χ0) is 15.3. The van der Waals surface area contributed by atoms with Crippen molar-refractivity contribution >= 4 is 0 Å². The molecule has 3 heteroatoms. The summed E-state index contributed by atoms with van der Waals surface area (Å²) in [6.45, 7) is 10.6. The van der Waals surface area contributed by atoms with E-state index in [2.05, 4.69) is 32.9 Å². The summed E-state index contributed by atoms with van der Waals surface area (Å²) in [6, 6.07) is 7.93. The van der Waals surface area contributed by atoms with Gasteiger partial charge in [0.25, 0.3) is 0 Å². The first-order valence-corrected chi connectivity index (χ1v) is 7.45. The molecule has 2 atom stereocenters. The molecule has 0 aliphatic rings. The Hall–Kier alpha value is -1.06. The molecule has 0 amide bonds. The number of nitrogens with two attached hydrogens (primary N) is 1. The molecular weight excluding hydrogens is 250 g/mol. The van der Waals surface area contributed by atoms with Crippen LogP contribution >= 0.6 is 0 Å². The van der Waals surface area contributed by atoms with E-state index in [1.54, 1.807) is 0 Å². The van der Waals surface area contributed by atoms with Crippen LogP contribution < -0.4 is 10.5 Å². The van der Waals surface area contributed by atoms with Crippen LogP contribution in [0.5, 0.6) is 5.75 Å². The van der Waals surface area contributed by atoms with Crippen LogP contribution in [0.1, 0.15) is 46.6 Å². The van der Waals surface area contributed by atoms with Crippen LogP contribution in [0.25, 0.3) is 0 Å². The summed E-state index contributed by atoms with van der Waals surface area (Å²) >= 11 is 0. The Labute approximate surface area is 123 Å². The molecule has 20 heavy (non-hydrogen) atoms. The van der Waals surface area contributed by atoms with Crippen molar-refractivity contribution in [3.8, 4) is 5.75 Å². The molecule has 1 rings (SSSR count). The fraction of sp³-hybridized carbons (Fsp3) is 0.647. The van der Waals surface area contributed by atoms with Crippen LogP contribution in [0.3, 0.4) is 0 Å². The van der Waals surface area contributed by atoms with Crippen molar-refractivity contribution in [2.75, 3.05) is 6.61 Å². The minimum absolute atomic E-state index is 0.0679. The molecule has 0 saturated carbocycles. The van der Waals surface area contributed by atoms with E-state index >= 15 is 0 Å². The number of hydrogen-bond acceptors (Lipinski definition) is 3. The fourth-order valence-electron chi connectivity index (χ4n) is 2.03. The van der Waals surface area contributed by atoms with Gasteiger partial charge in [0.05, 0.1) is 6.61 Å². The highest BCUT2D eigenvalue weighted by molar-refractivity contribution is 5.31. The first-order valence-electron chi connectivity index (χ1n) is 7.45. The molecule has 0 aliphatic carbocycles. The SMILES string of the molecule is CCC(C)(C)c1ccc(OC(CO)C(N)C(C)C)cc1. The van der Waals surface area contributed by atoms with Crippen molar-refractivity contribution in [1.29, 1.82) is 0 Å². The van der Waals surface area contributed by atoms with Crippen molar-refractivity contribution in [3.05, 3.63) is 29.8 Å². The molecule has 3 N–H and O–H groups in total. The normalized spacial score (nSPS) is 15.2. The topological polar surface area (TPSA) is 55.5 Å². The van der Waals surface area contributed by atoms with Gasteiger partial charge in [-0.2, -0.15) is 0 Å². The van der Waals surface area contributed by atoms with Gasteiger partial charge in [-0.1, -0.05) is 46.8 Å². The van der Waals surface area contributed by atoms with Crippen LogP contribution in [0.2, 0.25) is 0 Å². The lowest BCUT2D eigenvalue weighted by molar-refractivity contribution is 0.0810. The Balaban J connectivity index is 2.79. The molecule has 2 unspecified atom stereocenters. The maximum atomic E-state index is 9.42. The molecule has 0 fully saturated rings. The maximum Gasteiger partial charge on any atom is 0.137 e. The number of aliphatic hydroxyl groups is 1. The Morgan fingerprint density at radius 2 is 1.75 bits per heavy atom. The zero-order valence-electron chi connectivity index (χ0n) is 13.4. The third kappa shape index (κ3) is 4.22. The molecule has 0 aliphatic heterocycles. The van der Waals surface area contributed by atoms with E-state index in [1.807, 2.05) is 26.0 Å². The largest absolute Gasteiger partial charge is 0.486 e. The molecule has 0 aromatic heterocycles. The molecule has 0 spiro atoms. The predicted octanol–water partition coefficient (Wildman–Crippen LogP) is 3.10. The summed E-state index contributed by atoms with van der Waals surface area (Å²) in [5.41, 5.74) is 7.52. The van der Waals surface area contributed by atoms with Gasteiger partial charge in [0, 0.05) is 6.04 Å². The average molecular weight is 279 g/mol. The van der Waals surface area contributed by atoms with Crippen LogP contribution in [0.4, 0.5) is 0 Å². The van der Waals surface area contributed by atoms with Gasteiger partial charge in [0.2, 0.25) is 0 Å². The second kappa shape index (κ2) is 7.09. The monoisotopic (exact) mass is 279 g/mol. The van der Waals surface area contributed by atoms with E-state index < -0.39 is 0 Å². The van der Waals surface area contributed by atoms with E-state index in [0.29, 0.717) is 0 Å². The van der Waals surface area contributed by atoms with Gasteiger partial charge in [-0.25, -0.2) is 0 Å². The molecule has 0 saturated heterocycles. The van der Waals surface area contributed by atoms with Gasteiger partial charge in [0.15, 0.2) is 0 Å². The molecule has 1 aromatic carbocycles. The Bertz CT molecular complexity index is 398. The zero-order valence-corrected chi connectivity index (χ0v) is 13.4. The van der Waals surface area contributed by atoms with Crippen LogP contribution in [0.15, 0.2) is 24.3 Å². The fourth-order valence-corrected chi connectivity index (χ4v) is 2.03. The molecule has 0 bridgehead atoms. The summed E-state index contributed by atoms with van der Waals surface area (Å²) in [5.74, 6) is 1.03. The van der Waals surface area contributed by atoms with Crippen LogP contribution in [-0.4, -0.2) is 23.9 Å². The first-order chi connectivity index (χ1) is 9.31. The summed E-state index contributed by atoms with van der Waals surface area (Å²) in [6.07, 6.45) is 0.727. The minimum Gasteiger partial charge on any atom is -0.486 e. The summed E-state index contributed by atoms with van der Waals surface area (Å²) in [7, 11) is 0. The van der Waals surface area contributed by atoms with Crippen molar-refractivity contribution < 1.29 is 9.84 Å². The van der Waals surface area contributed by atoms with Gasteiger partial charge in [-0.3, -0.25) is 0 Å². The smallest absolute Gasteiger partial charge is 0.137 e. The quantitative estimate of drug-likeness (QED) is 0.806. The lowest BCUT2D eigenvalue weighted by Gasteiger charge is -2.27. The van der Waals surface area contributed by atoms with Crippen molar-refractivity contribution in [3.63, 3.8) is 0 Å². The minimum atomic E-state index is -0.361. The van der Waals surface area contributed by atoms with Gasteiger partial charge in [-0.15, -0.1) is 0 Å². The van der Waals surface area contributed by atoms with Gasteiger partial charge < -0.3 is 15.6 Å². The van der Waals surface area contributed by atoms with Gasteiger partial charge >= 0.3 is 0 Å². The highest BCUT2D eigenvalue weighted by Gasteiger charge is 2.22. The number of benzene rings is 1. The summed E-state index contributed by atoms with van der Waals surface area (Å²) < 4.78 is 5.81. The van der Waals surface area contributed by atoms with E-state index in [-0.39, 0.29) is 30.1 Å². The van der Waals surface area contributed by atoms with E-state index in [9.17, 15) is 5.11 Å². The van der Waals surface area contributed by atoms with Gasteiger partial charge in [0.1, 0.15) is 11.9 Å². The van der Waals surface area contributed by atoms with Crippen LogP contribution in [-0.2, 0) is 5.41 Å². The Kier molecular flexibility index (Phi) is 6.03. The molecule has 1 aromatic rings. The average Bonchev–Trinajstić information content (AvgIpc) is 2.44. The standard InChI is InChI=1S/C17H29NO2/c1-6-17(4,5)13-7-9-14(10-8-13)20-15(11-19)16(18)12(2)3/h7-10,12,15-16,19H,6,11,18H2,1-5H3. The third-order valence-electron chi connectivity index (χ3n) is 4.19. The van der Waals surface area contributed by atoms with Crippen molar-refractivity contribution in [2.45, 2.75) is 58.6 Å². The second-order valence-electron chi connectivity index (χ2n) is 6.42. The van der Waals surface area contributed by atoms with Gasteiger partial charge in [-0.05, 0) is 35.4 Å². The number of rotatable bonds is 7. The Morgan fingerprint density at radius 1 is 1.20 bits per heavy atom. The Morgan fingerprint density at radius 3 is 2.15 bits per heavy atom. The highest BCUT2D eigenvalue weighted by Crippen LogP contribution is 2.28. The van der Waals surface area contributed by atoms with E-state index in [0.717, 1.165) is 12.2 Å². The number of ether oxygens (including phenoxy) is 1. The maximum absolute atomic E-state index is 9.42. The van der Waals surface area contributed by atoms with Crippen molar-refractivity contribution in [2.24, 2.45) is 11.7 Å². The first kappa shape index (κ1) is 17.0. The molecular formula is C17H29NO2. The highest BCUT2D eigenvalue weighted by atomic mass is 16.5. The second-order valence-corrected chi connectivity index (χ2v) is 6.42. The number of aliphatic hydroxyl groups excluding tert-OH is 1. The van der Waals surface area contributed by atoms with Crippen LogP contribution in [0, 0.1) is 5.92 Å². The molecule has 3 nitrogen and oxygen atoms in total. The third-order valence-corrected chi connectivity index (χ3v) is 4.19. The molecule has 0 radical (unpaired) electrons. The molecule has 114 valence electrons. The van der Waals surface area contributed by atoms with E-state index in [4.69, 9.17) is 10.5 Å². The summed E-state index contributed by atoms with van der Waals surface area (Å²) in [4.78, 5) is 0. The molecule has 0 heterocycles. The summed E-state index contributed by atoms with van der Waals surface area (Å²) in [5, 5.41) is 9.42. The van der Waals surface area contributed by atoms with E-state index in [1.165, 1.54) is 5.56 Å². The predicted molar refractivity (Wildman–Crippen MR) is 84.1 cm³/mol.